The molecule has 0 fully saturated rings. The van der Waals surface area contributed by atoms with Crippen molar-refractivity contribution in [1.82, 2.24) is 0 Å². The predicted octanol–water partition coefficient (Wildman–Crippen LogP) is 1.36. The molecule has 0 bridgehead atoms. The molecule has 0 amide bonds. The van der Waals surface area contributed by atoms with Gasteiger partial charge in [0.1, 0.15) is 12.7 Å². The van der Waals surface area contributed by atoms with Crippen LogP contribution in [0, 0.1) is 5.92 Å². The van der Waals surface area contributed by atoms with Crippen LogP contribution in [-0.2, 0) is 4.79 Å². The van der Waals surface area contributed by atoms with Gasteiger partial charge < -0.3 is 26.0 Å². The van der Waals surface area contributed by atoms with Gasteiger partial charge in [-0.05, 0) is 13.0 Å². The van der Waals surface area contributed by atoms with Crippen LogP contribution in [0.25, 0.3) is 0 Å². The summed E-state index contributed by atoms with van der Waals surface area (Å²) in [5, 5.41) is 9.22. The molecule has 7 heteroatoms. The highest BCUT2D eigenvalue weighted by Gasteiger charge is 2.33. The van der Waals surface area contributed by atoms with Gasteiger partial charge in [-0.1, -0.05) is 11.6 Å². The molecule has 1 aliphatic heterocycles. The minimum absolute atomic E-state index is 0.0877. The number of hydrogen-bond donors (Lipinski definition) is 3. The van der Waals surface area contributed by atoms with Crippen LogP contribution in [0.2, 0.25) is 5.02 Å². The molecule has 2 unspecified atom stereocenters. The molecule has 0 radical (unpaired) electrons. The van der Waals surface area contributed by atoms with Crippen LogP contribution in [0.3, 0.4) is 0 Å². The Bertz CT molecular complexity index is 506. The van der Waals surface area contributed by atoms with E-state index in [1.165, 1.54) is 13.0 Å². The zero-order chi connectivity index (χ0) is 13.4. The second kappa shape index (κ2) is 4.45. The number of nitrogen functional groups attached to an aromatic ring is 2. The van der Waals surface area contributed by atoms with E-state index in [4.69, 9.17) is 37.6 Å². The molecule has 98 valence electrons. The molecule has 0 saturated carbocycles. The molecule has 0 aliphatic carbocycles. The van der Waals surface area contributed by atoms with Crippen molar-refractivity contribution in [2.75, 3.05) is 18.1 Å². The largest absolute Gasteiger partial charge is 0.484 e. The van der Waals surface area contributed by atoms with E-state index in [1.54, 1.807) is 0 Å². The molecule has 1 aliphatic rings. The summed E-state index contributed by atoms with van der Waals surface area (Å²) < 4.78 is 11.0. The predicted molar refractivity (Wildman–Crippen MR) is 67.0 cm³/mol. The van der Waals surface area contributed by atoms with E-state index < -0.39 is 18.0 Å². The Balaban J connectivity index is 2.35. The first-order valence-electron chi connectivity index (χ1n) is 5.31. The molecule has 1 aromatic carbocycles. The maximum Gasteiger partial charge on any atom is 0.310 e. The Kier molecular flexibility index (Phi) is 3.13. The second-order valence-corrected chi connectivity index (χ2v) is 4.52. The van der Waals surface area contributed by atoms with E-state index in [2.05, 4.69) is 0 Å². The smallest absolute Gasteiger partial charge is 0.310 e. The number of carboxylic acid groups (broad SMARTS) is 1. The molecular weight excluding hydrogens is 260 g/mol. The minimum atomic E-state index is -0.965. The van der Waals surface area contributed by atoms with Gasteiger partial charge in [-0.15, -0.1) is 0 Å². The van der Waals surface area contributed by atoms with Crippen molar-refractivity contribution in [3.63, 3.8) is 0 Å². The summed E-state index contributed by atoms with van der Waals surface area (Å²) in [5.41, 5.74) is 12.0. The number of fused-ring (bicyclic) bond motifs is 1. The lowest BCUT2D eigenvalue weighted by Gasteiger charge is -2.30. The third-order valence-corrected chi connectivity index (χ3v) is 3.17. The zero-order valence-corrected chi connectivity index (χ0v) is 10.4. The van der Waals surface area contributed by atoms with Crippen molar-refractivity contribution in [2.24, 2.45) is 5.92 Å². The Morgan fingerprint density at radius 3 is 2.83 bits per heavy atom. The Labute approximate surface area is 108 Å². The third kappa shape index (κ3) is 1.99. The highest BCUT2D eigenvalue weighted by atomic mass is 35.5. The summed E-state index contributed by atoms with van der Waals surface area (Å²) in [6.45, 7) is 1.63. The van der Waals surface area contributed by atoms with Crippen LogP contribution in [0.1, 0.15) is 6.92 Å². The summed E-state index contributed by atoms with van der Waals surface area (Å²) >= 11 is 5.87. The van der Waals surface area contributed by atoms with E-state index in [0.717, 1.165) is 0 Å². The highest BCUT2D eigenvalue weighted by molar-refractivity contribution is 6.34. The molecule has 0 saturated heterocycles. The molecule has 1 aromatic rings. The number of ether oxygens (including phenoxy) is 2. The van der Waals surface area contributed by atoms with Gasteiger partial charge in [-0.3, -0.25) is 4.79 Å². The van der Waals surface area contributed by atoms with Crippen LogP contribution in [0.15, 0.2) is 6.07 Å². The van der Waals surface area contributed by atoms with E-state index in [0.29, 0.717) is 0 Å². The number of hydrogen-bond acceptors (Lipinski definition) is 5. The van der Waals surface area contributed by atoms with Crippen LogP contribution in [-0.4, -0.2) is 23.8 Å². The van der Waals surface area contributed by atoms with Gasteiger partial charge in [0, 0.05) is 0 Å². The average molecular weight is 273 g/mol. The third-order valence-electron chi connectivity index (χ3n) is 2.86. The van der Waals surface area contributed by atoms with Gasteiger partial charge in [0.25, 0.3) is 0 Å². The van der Waals surface area contributed by atoms with Crippen molar-refractivity contribution in [3.8, 4) is 11.5 Å². The fraction of sp³-hybridized carbons (Fsp3) is 0.364. The molecule has 5 N–H and O–H groups in total. The number of benzene rings is 1. The van der Waals surface area contributed by atoms with E-state index in [1.807, 2.05) is 0 Å². The fourth-order valence-electron chi connectivity index (χ4n) is 1.66. The molecule has 0 spiro atoms. The standard InChI is InChI=1S/C11H13ClN2O4/c1-4(11(15)16)7-3-17-10-8(14)5(12)2-6(13)9(10)18-7/h2,4,7H,3,13-14H2,1H3,(H,15,16). The second-order valence-electron chi connectivity index (χ2n) is 4.11. The lowest BCUT2D eigenvalue weighted by Crippen LogP contribution is -2.38. The van der Waals surface area contributed by atoms with Crippen LogP contribution >= 0.6 is 11.6 Å². The number of halogens is 1. The Morgan fingerprint density at radius 1 is 1.56 bits per heavy atom. The zero-order valence-electron chi connectivity index (χ0n) is 9.64. The van der Waals surface area contributed by atoms with Crippen molar-refractivity contribution in [2.45, 2.75) is 13.0 Å². The van der Waals surface area contributed by atoms with Gasteiger partial charge in [0.05, 0.1) is 22.3 Å². The fourth-order valence-corrected chi connectivity index (χ4v) is 1.87. The molecular formula is C11H13ClN2O4. The number of carboxylic acids is 1. The van der Waals surface area contributed by atoms with Crippen LogP contribution < -0.4 is 20.9 Å². The van der Waals surface area contributed by atoms with Gasteiger partial charge >= 0.3 is 5.97 Å². The van der Waals surface area contributed by atoms with Crippen molar-refractivity contribution >= 4 is 28.9 Å². The molecule has 2 rings (SSSR count). The lowest BCUT2D eigenvalue weighted by molar-refractivity contribution is -0.145. The maximum atomic E-state index is 10.9. The van der Waals surface area contributed by atoms with Gasteiger partial charge in [0.2, 0.25) is 0 Å². The number of rotatable bonds is 2. The molecule has 18 heavy (non-hydrogen) atoms. The number of nitrogens with two attached hydrogens (primary N) is 2. The Hall–Kier alpha value is -1.82. The maximum absolute atomic E-state index is 10.9. The van der Waals surface area contributed by atoms with Gasteiger partial charge in [-0.2, -0.15) is 0 Å². The summed E-state index contributed by atoms with van der Waals surface area (Å²) in [5.74, 6) is -1.16. The SMILES string of the molecule is CC(C(=O)O)C1COc2c(N)c(Cl)cc(N)c2O1. The first-order valence-corrected chi connectivity index (χ1v) is 5.69. The minimum Gasteiger partial charge on any atom is -0.484 e. The molecule has 6 nitrogen and oxygen atoms in total. The molecule has 2 atom stereocenters. The number of anilines is 2. The van der Waals surface area contributed by atoms with Gasteiger partial charge in [-0.25, -0.2) is 0 Å². The highest BCUT2D eigenvalue weighted by Crippen LogP contribution is 2.46. The van der Waals surface area contributed by atoms with E-state index >= 15 is 0 Å². The normalized spacial score (nSPS) is 19.3. The van der Waals surface area contributed by atoms with Gasteiger partial charge in [0.15, 0.2) is 11.5 Å². The van der Waals surface area contributed by atoms with E-state index in [-0.39, 0.29) is 34.5 Å². The monoisotopic (exact) mass is 272 g/mol. The first kappa shape index (κ1) is 12.6. The van der Waals surface area contributed by atoms with Crippen molar-refractivity contribution in [3.05, 3.63) is 11.1 Å². The first-order chi connectivity index (χ1) is 8.41. The summed E-state index contributed by atoms with van der Waals surface area (Å²) in [6, 6.07) is 1.45. The quantitative estimate of drug-likeness (QED) is 0.702. The van der Waals surface area contributed by atoms with Crippen LogP contribution in [0.5, 0.6) is 11.5 Å². The molecule has 0 aromatic heterocycles. The summed E-state index contributed by atoms with van der Waals surface area (Å²) in [4.78, 5) is 10.9. The molecule has 1 heterocycles. The van der Waals surface area contributed by atoms with Crippen molar-refractivity contribution in [1.29, 1.82) is 0 Å². The number of carbonyl (C=O) groups is 1. The topological polar surface area (TPSA) is 108 Å². The summed E-state index contributed by atoms with van der Waals surface area (Å²) in [7, 11) is 0. The average Bonchev–Trinajstić information content (AvgIpc) is 2.34. The van der Waals surface area contributed by atoms with E-state index in [9.17, 15) is 4.79 Å². The lowest BCUT2D eigenvalue weighted by atomic mass is 10.0. The number of aliphatic carboxylic acids is 1. The van der Waals surface area contributed by atoms with Crippen molar-refractivity contribution < 1.29 is 19.4 Å². The summed E-state index contributed by atoms with van der Waals surface area (Å²) in [6.07, 6.45) is -0.613. The van der Waals surface area contributed by atoms with Crippen LogP contribution in [0.4, 0.5) is 11.4 Å². The Morgan fingerprint density at radius 2 is 2.22 bits per heavy atom.